The molecule has 4 nitrogen and oxygen atoms in total. The quantitative estimate of drug-likeness (QED) is 0.393. The van der Waals surface area contributed by atoms with Crippen molar-refractivity contribution in [3.63, 3.8) is 0 Å². The summed E-state index contributed by atoms with van der Waals surface area (Å²) < 4.78 is 6.94. The maximum atomic E-state index is 12.0. The summed E-state index contributed by atoms with van der Waals surface area (Å²) in [6, 6.07) is 25.5. The number of amides is 1. The molecule has 0 fully saturated rings. The van der Waals surface area contributed by atoms with Crippen LogP contribution >= 0.6 is 15.9 Å². The molecule has 0 saturated heterocycles. The Kier molecular flexibility index (Phi) is 7.38. The smallest absolute Gasteiger partial charge is 0.240 e. The Labute approximate surface area is 173 Å². The minimum atomic E-state index is -0.117. The molecule has 0 aliphatic rings. The van der Waals surface area contributed by atoms with Crippen molar-refractivity contribution < 1.29 is 9.53 Å². The van der Waals surface area contributed by atoms with Gasteiger partial charge in [-0.25, -0.2) is 5.43 Å². The number of carbonyl (C=O) groups is 1. The number of benzene rings is 3. The Bertz CT molecular complexity index is 925. The lowest BCUT2D eigenvalue weighted by Crippen LogP contribution is -2.17. The van der Waals surface area contributed by atoms with Crippen LogP contribution in [0.15, 0.2) is 88.4 Å². The molecule has 0 unspecified atom stereocenters. The van der Waals surface area contributed by atoms with Crippen molar-refractivity contribution in [2.45, 2.75) is 19.4 Å². The van der Waals surface area contributed by atoms with Crippen LogP contribution in [-0.2, 0) is 17.8 Å². The number of aryl methyl sites for hydroxylation is 1. The number of para-hydroxylation sites is 1. The number of hydrogen-bond acceptors (Lipinski definition) is 3. The molecule has 5 heteroatoms. The van der Waals surface area contributed by atoms with Crippen molar-refractivity contribution in [3.8, 4) is 5.75 Å². The fourth-order valence-corrected chi connectivity index (χ4v) is 2.86. The topological polar surface area (TPSA) is 50.7 Å². The molecule has 0 aromatic heterocycles. The van der Waals surface area contributed by atoms with E-state index in [0.717, 1.165) is 21.2 Å². The second-order valence-electron chi connectivity index (χ2n) is 6.23. The van der Waals surface area contributed by atoms with Gasteiger partial charge in [-0.05, 0) is 41.8 Å². The summed E-state index contributed by atoms with van der Waals surface area (Å²) in [6.45, 7) is 0.460. The van der Waals surface area contributed by atoms with E-state index in [-0.39, 0.29) is 5.91 Å². The van der Waals surface area contributed by atoms with Gasteiger partial charge in [-0.3, -0.25) is 4.79 Å². The highest BCUT2D eigenvalue weighted by molar-refractivity contribution is 9.10. The van der Waals surface area contributed by atoms with Crippen LogP contribution in [0.3, 0.4) is 0 Å². The zero-order valence-electron chi connectivity index (χ0n) is 15.3. The Morgan fingerprint density at radius 3 is 2.43 bits per heavy atom. The normalized spacial score (nSPS) is 10.8. The highest BCUT2D eigenvalue weighted by Gasteiger charge is 2.03. The molecule has 0 radical (unpaired) electrons. The third-order valence-electron chi connectivity index (χ3n) is 4.10. The number of nitrogens with zero attached hydrogens (tertiary/aromatic N) is 1. The summed E-state index contributed by atoms with van der Waals surface area (Å²) >= 11 is 3.42. The molecule has 3 rings (SSSR count). The summed E-state index contributed by atoms with van der Waals surface area (Å²) in [7, 11) is 0. The van der Waals surface area contributed by atoms with Gasteiger partial charge in [0.1, 0.15) is 12.4 Å². The van der Waals surface area contributed by atoms with Gasteiger partial charge in [0, 0.05) is 16.5 Å². The van der Waals surface area contributed by atoms with Crippen LogP contribution in [0.5, 0.6) is 5.75 Å². The van der Waals surface area contributed by atoms with E-state index in [2.05, 4.69) is 26.5 Å². The van der Waals surface area contributed by atoms with Gasteiger partial charge < -0.3 is 4.74 Å². The van der Waals surface area contributed by atoms with E-state index in [1.54, 1.807) is 6.21 Å². The largest absolute Gasteiger partial charge is 0.488 e. The summed E-state index contributed by atoms with van der Waals surface area (Å²) in [5.74, 6) is 0.598. The molecule has 0 heterocycles. The number of hydrogen-bond donors (Lipinski definition) is 1. The van der Waals surface area contributed by atoms with Crippen molar-refractivity contribution in [2.24, 2.45) is 5.10 Å². The van der Waals surface area contributed by atoms with Gasteiger partial charge in [-0.2, -0.15) is 5.10 Å². The molecule has 1 N–H and O–H groups in total. The van der Waals surface area contributed by atoms with Gasteiger partial charge >= 0.3 is 0 Å². The Morgan fingerprint density at radius 1 is 0.929 bits per heavy atom. The lowest BCUT2D eigenvalue weighted by molar-refractivity contribution is -0.121. The Morgan fingerprint density at radius 2 is 1.64 bits per heavy atom. The van der Waals surface area contributed by atoms with Gasteiger partial charge in [-0.1, -0.05) is 70.5 Å². The van der Waals surface area contributed by atoms with Crippen molar-refractivity contribution >= 4 is 28.1 Å². The van der Waals surface area contributed by atoms with Gasteiger partial charge in [0.2, 0.25) is 5.91 Å². The number of rotatable bonds is 8. The monoisotopic (exact) mass is 436 g/mol. The molecule has 142 valence electrons. The molecule has 3 aromatic rings. The standard InChI is InChI=1S/C23H21BrN2O2/c24-21-13-10-19(11-14-21)17-28-22-9-5-4-8-20(22)16-25-26-23(27)15-12-18-6-2-1-3-7-18/h1-11,13-14,16H,12,15,17H2,(H,26,27)/b25-16-. The van der Waals surface area contributed by atoms with Crippen LogP contribution in [0.4, 0.5) is 0 Å². The van der Waals surface area contributed by atoms with Crippen molar-refractivity contribution in [1.29, 1.82) is 0 Å². The highest BCUT2D eigenvalue weighted by atomic mass is 79.9. The van der Waals surface area contributed by atoms with E-state index in [4.69, 9.17) is 4.74 Å². The predicted octanol–water partition coefficient (Wildman–Crippen LogP) is 5.11. The third kappa shape index (κ3) is 6.35. The minimum Gasteiger partial charge on any atom is -0.488 e. The molecular weight excluding hydrogens is 416 g/mol. The zero-order valence-corrected chi connectivity index (χ0v) is 16.9. The Hall–Kier alpha value is -2.92. The van der Waals surface area contributed by atoms with Crippen LogP contribution in [0.2, 0.25) is 0 Å². The molecule has 3 aromatic carbocycles. The van der Waals surface area contributed by atoms with Crippen LogP contribution in [-0.4, -0.2) is 12.1 Å². The molecule has 0 aliphatic carbocycles. The lowest BCUT2D eigenvalue weighted by atomic mass is 10.1. The fraction of sp³-hybridized carbons (Fsp3) is 0.130. The number of carbonyl (C=O) groups excluding carboxylic acids is 1. The van der Waals surface area contributed by atoms with E-state index < -0.39 is 0 Å². The second kappa shape index (κ2) is 10.4. The number of hydrazone groups is 1. The maximum Gasteiger partial charge on any atom is 0.240 e. The first kappa shape index (κ1) is 19.8. The zero-order chi connectivity index (χ0) is 19.6. The minimum absolute atomic E-state index is 0.117. The molecule has 0 spiro atoms. The van der Waals surface area contributed by atoms with Crippen LogP contribution < -0.4 is 10.2 Å². The van der Waals surface area contributed by atoms with Crippen molar-refractivity contribution in [3.05, 3.63) is 100 Å². The first-order chi connectivity index (χ1) is 13.7. The molecule has 28 heavy (non-hydrogen) atoms. The average molecular weight is 437 g/mol. The first-order valence-corrected chi connectivity index (χ1v) is 9.82. The SMILES string of the molecule is O=C(CCc1ccccc1)N/N=C\c1ccccc1OCc1ccc(Br)cc1. The summed E-state index contributed by atoms with van der Waals surface area (Å²) in [5.41, 5.74) is 5.59. The molecular formula is C23H21BrN2O2. The molecule has 0 atom stereocenters. The van der Waals surface area contributed by atoms with Crippen molar-refractivity contribution in [2.75, 3.05) is 0 Å². The van der Waals surface area contributed by atoms with Gasteiger partial charge in [-0.15, -0.1) is 0 Å². The van der Waals surface area contributed by atoms with E-state index in [0.29, 0.717) is 25.2 Å². The molecule has 0 saturated carbocycles. The number of halogens is 1. The van der Waals surface area contributed by atoms with Crippen LogP contribution in [0, 0.1) is 0 Å². The number of nitrogens with one attached hydrogen (secondary N) is 1. The van der Waals surface area contributed by atoms with Crippen LogP contribution in [0.1, 0.15) is 23.1 Å². The summed E-state index contributed by atoms with van der Waals surface area (Å²) in [5, 5.41) is 4.07. The first-order valence-electron chi connectivity index (χ1n) is 9.03. The van der Waals surface area contributed by atoms with Gasteiger partial charge in [0.05, 0.1) is 6.21 Å². The average Bonchev–Trinajstić information content (AvgIpc) is 2.73. The van der Waals surface area contributed by atoms with E-state index in [9.17, 15) is 4.79 Å². The molecule has 1 amide bonds. The van der Waals surface area contributed by atoms with E-state index in [1.807, 2.05) is 78.9 Å². The third-order valence-corrected chi connectivity index (χ3v) is 4.63. The van der Waals surface area contributed by atoms with Gasteiger partial charge in [0.15, 0.2) is 0 Å². The summed E-state index contributed by atoms with van der Waals surface area (Å²) in [4.78, 5) is 12.0. The summed E-state index contributed by atoms with van der Waals surface area (Å²) in [6.07, 6.45) is 2.69. The predicted molar refractivity (Wildman–Crippen MR) is 115 cm³/mol. The molecule has 0 aliphatic heterocycles. The number of ether oxygens (including phenoxy) is 1. The van der Waals surface area contributed by atoms with Gasteiger partial charge in [0.25, 0.3) is 0 Å². The van der Waals surface area contributed by atoms with Crippen molar-refractivity contribution in [1.82, 2.24) is 5.43 Å². The fourth-order valence-electron chi connectivity index (χ4n) is 2.59. The van der Waals surface area contributed by atoms with Crippen LogP contribution in [0.25, 0.3) is 0 Å². The lowest BCUT2D eigenvalue weighted by Gasteiger charge is -2.09. The highest BCUT2D eigenvalue weighted by Crippen LogP contribution is 2.18. The maximum absolute atomic E-state index is 12.0. The second-order valence-corrected chi connectivity index (χ2v) is 7.15. The molecule has 0 bridgehead atoms. The van der Waals surface area contributed by atoms with E-state index >= 15 is 0 Å². The Balaban J connectivity index is 1.52. The van der Waals surface area contributed by atoms with E-state index in [1.165, 1.54) is 0 Å².